The van der Waals surface area contributed by atoms with Gasteiger partial charge >= 0.3 is 0 Å². The third-order valence-corrected chi connectivity index (χ3v) is 3.95. The van der Waals surface area contributed by atoms with Crippen LogP contribution >= 0.6 is 34.8 Å². The van der Waals surface area contributed by atoms with Gasteiger partial charge in [0.2, 0.25) is 0 Å². The summed E-state index contributed by atoms with van der Waals surface area (Å²) in [6, 6.07) is 7.06. The Hall–Kier alpha value is -1.88. The van der Waals surface area contributed by atoms with E-state index in [0.29, 0.717) is 22.2 Å². The predicted octanol–water partition coefficient (Wildman–Crippen LogP) is 4.52. The van der Waals surface area contributed by atoms with Crippen molar-refractivity contribution in [3.8, 4) is 0 Å². The van der Waals surface area contributed by atoms with Crippen LogP contribution in [0.3, 0.4) is 0 Å². The Kier molecular flexibility index (Phi) is 4.66. The number of hydrogen-bond acceptors (Lipinski definition) is 3. The summed E-state index contributed by atoms with van der Waals surface area (Å²) in [4.78, 5) is 20.1. The van der Waals surface area contributed by atoms with Crippen molar-refractivity contribution < 1.29 is 4.79 Å². The number of halogens is 3. The zero-order valence-corrected chi connectivity index (χ0v) is 14.0. The SMILES string of the molecule is O=C(c1ccn(Cc2cc(Cl)cc(Cl)c2)c1)c1cncnc1Cl. The quantitative estimate of drug-likeness (QED) is 0.504. The number of aromatic nitrogens is 3. The summed E-state index contributed by atoms with van der Waals surface area (Å²) in [6.45, 7) is 0.548. The second-order valence-corrected chi connectivity index (χ2v) is 6.14. The van der Waals surface area contributed by atoms with Gasteiger partial charge in [0, 0.05) is 40.7 Å². The van der Waals surface area contributed by atoms with Gasteiger partial charge < -0.3 is 4.57 Å². The summed E-state index contributed by atoms with van der Waals surface area (Å²) >= 11 is 17.9. The fourth-order valence-corrected chi connectivity index (χ4v) is 2.96. The molecular formula is C16H10Cl3N3O. The number of rotatable bonds is 4. The van der Waals surface area contributed by atoms with E-state index >= 15 is 0 Å². The lowest BCUT2D eigenvalue weighted by atomic mass is 10.1. The molecule has 0 spiro atoms. The maximum atomic E-state index is 12.4. The van der Waals surface area contributed by atoms with E-state index in [-0.39, 0.29) is 16.5 Å². The largest absolute Gasteiger partial charge is 0.349 e. The van der Waals surface area contributed by atoms with Crippen LogP contribution in [-0.2, 0) is 6.54 Å². The molecule has 116 valence electrons. The average Bonchev–Trinajstić information content (AvgIpc) is 2.94. The van der Waals surface area contributed by atoms with Gasteiger partial charge in [-0.05, 0) is 29.8 Å². The standard InChI is InChI=1S/C16H10Cl3N3O/c17-12-3-10(4-13(18)5-12)7-22-2-1-11(8-22)15(23)14-6-20-9-21-16(14)19/h1-6,8-9H,7H2. The summed E-state index contributed by atoms with van der Waals surface area (Å²) < 4.78 is 1.87. The molecule has 0 aliphatic carbocycles. The van der Waals surface area contributed by atoms with Crippen molar-refractivity contribution in [3.05, 3.63) is 81.1 Å². The van der Waals surface area contributed by atoms with Gasteiger partial charge in [0.1, 0.15) is 11.5 Å². The molecular weight excluding hydrogens is 357 g/mol. The maximum Gasteiger partial charge on any atom is 0.199 e. The highest BCUT2D eigenvalue weighted by Gasteiger charge is 2.15. The minimum absolute atomic E-state index is 0.138. The van der Waals surface area contributed by atoms with E-state index in [2.05, 4.69) is 9.97 Å². The molecule has 0 fully saturated rings. The molecule has 0 radical (unpaired) electrons. The number of hydrogen-bond donors (Lipinski definition) is 0. The number of carbonyl (C=O) groups is 1. The predicted molar refractivity (Wildman–Crippen MR) is 90.5 cm³/mol. The topological polar surface area (TPSA) is 47.8 Å². The Morgan fingerprint density at radius 2 is 1.87 bits per heavy atom. The zero-order chi connectivity index (χ0) is 16.4. The molecule has 0 atom stereocenters. The van der Waals surface area contributed by atoms with Crippen molar-refractivity contribution in [2.24, 2.45) is 0 Å². The van der Waals surface area contributed by atoms with E-state index in [4.69, 9.17) is 34.8 Å². The Morgan fingerprint density at radius 3 is 2.57 bits per heavy atom. The minimum atomic E-state index is -0.224. The highest BCUT2D eigenvalue weighted by molar-refractivity contribution is 6.34. The van der Waals surface area contributed by atoms with Gasteiger partial charge in [-0.25, -0.2) is 9.97 Å². The van der Waals surface area contributed by atoms with Crippen LogP contribution in [0.15, 0.2) is 49.2 Å². The Balaban J connectivity index is 1.83. The molecule has 2 heterocycles. The third-order valence-electron chi connectivity index (χ3n) is 3.21. The summed E-state index contributed by atoms with van der Waals surface area (Å²) in [6.07, 6.45) is 6.25. The Morgan fingerprint density at radius 1 is 1.13 bits per heavy atom. The number of benzene rings is 1. The van der Waals surface area contributed by atoms with Crippen molar-refractivity contribution in [3.63, 3.8) is 0 Å². The van der Waals surface area contributed by atoms with Crippen molar-refractivity contribution in [1.82, 2.24) is 14.5 Å². The van der Waals surface area contributed by atoms with E-state index in [1.165, 1.54) is 12.5 Å². The highest BCUT2D eigenvalue weighted by Crippen LogP contribution is 2.21. The van der Waals surface area contributed by atoms with Crippen LogP contribution in [0.1, 0.15) is 21.5 Å². The van der Waals surface area contributed by atoms with E-state index in [1.807, 2.05) is 16.7 Å². The summed E-state index contributed by atoms with van der Waals surface area (Å²) in [7, 11) is 0. The van der Waals surface area contributed by atoms with Crippen LogP contribution in [0.5, 0.6) is 0 Å². The highest BCUT2D eigenvalue weighted by atomic mass is 35.5. The fourth-order valence-electron chi connectivity index (χ4n) is 2.21. The van der Waals surface area contributed by atoms with Gasteiger partial charge in [-0.2, -0.15) is 0 Å². The van der Waals surface area contributed by atoms with E-state index < -0.39 is 0 Å². The van der Waals surface area contributed by atoms with Crippen LogP contribution in [-0.4, -0.2) is 20.3 Å². The molecule has 0 saturated carbocycles. The summed E-state index contributed by atoms with van der Waals surface area (Å²) in [5.41, 5.74) is 1.73. The normalized spacial score (nSPS) is 10.7. The molecule has 0 bridgehead atoms. The molecule has 4 nitrogen and oxygen atoms in total. The molecule has 3 rings (SSSR count). The molecule has 0 N–H and O–H groups in total. The number of nitrogens with zero attached hydrogens (tertiary/aromatic N) is 3. The van der Waals surface area contributed by atoms with Crippen LogP contribution in [0.4, 0.5) is 0 Å². The van der Waals surface area contributed by atoms with Gasteiger partial charge in [-0.15, -0.1) is 0 Å². The van der Waals surface area contributed by atoms with E-state index in [9.17, 15) is 4.79 Å². The van der Waals surface area contributed by atoms with Gasteiger partial charge in [0.25, 0.3) is 0 Å². The van der Waals surface area contributed by atoms with Crippen molar-refractivity contribution >= 4 is 40.6 Å². The molecule has 0 unspecified atom stereocenters. The molecule has 0 aliphatic heterocycles. The molecule has 2 aromatic heterocycles. The van der Waals surface area contributed by atoms with Crippen LogP contribution in [0, 0.1) is 0 Å². The second kappa shape index (κ2) is 6.71. The van der Waals surface area contributed by atoms with Gasteiger partial charge in [-0.1, -0.05) is 34.8 Å². The Labute approximate surface area is 147 Å². The maximum absolute atomic E-state index is 12.4. The lowest BCUT2D eigenvalue weighted by Gasteiger charge is -2.05. The molecule has 0 amide bonds. The molecule has 7 heteroatoms. The van der Waals surface area contributed by atoms with Crippen molar-refractivity contribution in [2.75, 3.05) is 0 Å². The van der Waals surface area contributed by atoms with Crippen LogP contribution < -0.4 is 0 Å². The first-order chi connectivity index (χ1) is 11.0. The smallest absolute Gasteiger partial charge is 0.199 e. The minimum Gasteiger partial charge on any atom is -0.349 e. The molecule has 0 saturated heterocycles. The lowest BCUT2D eigenvalue weighted by molar-refractivity contribution is 0.103. The summed E-state index contributed by atoms with van der Waals surface area (Å²) in [5, 5.41) is 1.28. The van der Waals surface area contributed by atoms with Crippen LogP contribution in [0.2, 0.25) is 15.2 Å². The van der Waals surface area contributed by atoms with Gasteiger partial charge in [0.15, 0.2) is 5.78 Å². The Bertz CT molecular complexity index is 856. The van der Waals surface area contributed by atoms with Crippen molar-refractivity contribution in [1.29, 1.82) is 0 Å². The zero-order valence-electron chi connectivity index (χ0n) is 11.7. The third kappa shape index (κ3) is 3.72. The van der Waals surface area contributed by atoms with Gasteiger partial charge in [-0.3, -0.25) is 4.79 Å². The first kappa shape index (κ1) is 16.0. The van der Waals surface area contributed by atoms with E-state index in [0.717, 1.165) is 5.56 Å². The fraction of sp³-hybridized carbons (Fsp3) is 0.0625. The number of carbonyl (C=O) groups excluding carboxylic acids is 1. The second-order valence-electron chi connectivity index (χ2n) is 4.91. The van der Waals surface area contributed by atoms with E-state index in [1.54, 1.807) is 24.5 Å². The number of ketones is 1. The molecule has 23 heavy (non-hydrogen) atoms. The molecule has 1 aromatic carbocycles. The lowest BCUT2D eigenvalue weighted by Crippen LogP contribution is -2.03. The monoisotopic (exact) mass is 365 g/mol. The van der Waals surface area contributed by atoms with Crippen molar-refractivity contribution in [2.45, 2.75) is 6.54 Å². The average molecular weight is 367 g/mol. The summed E-state index contributed by atoms with van der Waals surface area (Å²) in [5.74, 6) is -0.224. The molecule has 0 aliphatic rings. The molecule has 3 aromatic rings. The first-order valence-corrected chi connectivity index (χ1v) is 7.77. The van der Waals surface area contributed by atoms with Gasteiger partial charge in [0.05, 0.1) is 5.56 Å². The first-order valence-electron chi connectivity index (χ1n) is 6.64. The van der Waals surface area contributed by atoms with Crippen LogP contribution in [0.25, 0.3) is 0 Å².